The molecule has 0 aliphatic heterocycles. The van der Waals surface area contributed by atoms with Crippen molar-refractivity contribution in [3.05, 3.63) is 40.3 Å². The molecule has 6 heteroatoms. The summed E-state index contributed by atoms with van der Waals surface area (Å²) in [4.78, 5) is 16.2. The average molecular weight is 326 g/mol. The van der Waals surface area contributed by atoms with Gasteiger partial charge in [0.1, 0.15) is 11.5 Å². The molecule has 1 amide bonds. The van der Waals surface area contributed by atoms with Crippen LogP contribution in [0.15, 0.2) is 27.3 Å². The van der Waals surface area contributed by atoms with Gasteiger partial charge in [0.05, 0.1) is 12.7 Å². The Morgan fingerprint density at radius 1 is 1.58 bits per heavy atom. The van der Waals surface area contributed by atoms with Crippen LogP contribution in [0.4, 0.5) is 0 Å². The Bertz CT molecular complexity index is 586. The fourth-order valence-corrected chi connectivity index (χ4v) is 2.22. The summed E-state index contributed by atoms with van der Waals surface area (Å²) in [7, 11) is 0. The maximum absolute atomic E-state index is 12.1. The van der Waals surface area contributed by atoms with Crippen molar-refractivity contribution < 1.29 is 9.21 Å². The highest BCUT2D eigenvalue weighted by Gasteiger charge is 2.15. The van der Waals surface area contributed by atoms with Crippen molar-refractivity contribution in [1.29, 1.82) is 0 Å². The van der Waals surface area contributed by atoms with E-state index in [9.17, 15) is 4.79 Å². The van der Waals surface area contributed by atoms with Crippen molar-refractivity contribution in [1.82, 2.24) is 14.9 Å². The van der Waals surface area contributed by atoms with Crippen LogP contribution in [0, 0.1) is 6.92 Å². The smallest absolute Gasteiger partial charge is 0.268 e. The largest absolute Gasteiger partial charge is 0.444 e. The summed E-state index contributed by atoms with van der Waals surface area (Å²) >= 11 is 3.39. The molecule has 0 bridgehead atoms. The number of halogens is 1. The van der Waals surface area contributed by atoms with Crippen molar-refractivity contribution in [2.75, 3.05) is 0 Å². The van der Waals surface area contributed by atoms with Gasteiger partial charge in [-0.15, -0.1) is 0 Å². The topological polar surface area (TPSA) is 60.1 Å². The van der Waals surface area contributed by atoms with Crippen LogP contribution in [-0.2, 0) is 6.54 Å². The molecule has 0 aliphatic rings. The van der Waals surface area contributed by atoms with E-state index < -0.39 is 0 Å². The molecule has 2 rings (SSSR count). The number of amides is 1. The Balaban J connectivity index is 2.07. The van der Waals surface area contributed by atoms with Gasteiger partial charge in [-0.3, -0.25) is 4.79 Å². The Kier molecular flexibility index (Phi) is 4.09. The molecule has 0 aliphatic carbocycles. The quantitative estimate of drug-likeness (QED) is 0.939. The molecule has 0 unspecified atom stereocenters. The first kappa shape index (κ1) is 13.9. The van der Waals surface area contributed by atoms with E-state index in [1.54, 1.807) is 12.3 Å². The minimum absolute atomic E-state index is 0.143. The highest BCUT2D eigenvalue weighted by atomic mass is 79.9. The highest BCUT2D eigenvalue weighted by molar-refractivity contribution is 9.10. The van der Waals surface area contributed by atoms with E-state index in [4.69, 9.17) is 4.42 Å². The number of rotatable bonds is 4. The summed E-state index contributed by atoms with van der Waals surface area (Å²) < 4.78 is 8.12. The van der Waals surface area contributed by atoms with Crippen LogP contribution in [0.3, 0.4) is 0 Å². The van der Waals surface area contributed by atoms with Crippen LogP contribution >= 0.6 is 15.9 Å². The Morgan fingerprint density at radius 3 is 2.89 bits per heavy atom. The molecular formula is C13H16BrN3O2. The maximum Gasteiger partial charge on any atom is 0.268 e. The van der Waals surface area contributed by atoms with E-state index in [0.717, 1.165) is 10.2 Å². The van der Waals surface area contributed by atoms with Crippen LogP contribution in [0.25, 0.3) is 0 Å². The van der Waals surface area contributed by atoms with Gasteiger partial charge in [0.2, 0.25) is 5.89 Å². The molecule has 0 saturated heterocycles. The first-order chi connectivity index (χ1) is 8.97. The first-order valence-electron chi connectivity index (χ1n) is 6.04. The summed E-state index contributed by atoms with van der Waals surface area (Å²) in [6.45, 7) is 6.16. The van der Waals surface area contributed by atoms with E-state index in [0.29, 0.717) is 11.6 Å². The Labute approximate surface area is 120 Å². The molecule has 0 radical (unpaired) electrons. The summed E-state index contributed by atoms with van der Waals surface area (Å²) in [6.07, 6.45) is 3.53. The molecule has 0 saturated carbocycles. The normalized spacial score (nSPS) is 11.0. The zero-order valence-electron chi connectivity index (χ0n) is 11.1. The maximum atomic E-state index is 12.1. The molecule has 102 valence electrons. The molecule has 19 heavy (non-hydrogen) atoms. The molecule has 5 nitrogen and oxygen atoms in total. The van der Waals surface area contributed by atoms with Gasteiger partial charge in [0, 0.05) is 16.7 Å². The molecule has 2 aromatic heterocycles. The Morgan fingerprint density at radius 2 is 2.32 bits per heavy atom. The van der Waals surface area contributed by atoms with E-state index in [1.807, 2.05) is 31.5 Å². The average Bonchev–Trinajstić information content (AvgIpc) is 2.92. The lowest BCUT2D eigenvalue weighted by molar-refractivity contribution is 0.0936. The minimum Gasteiger partial charge on any atom is -0.444 e. The standard InChI is InChI=1S/C13H16BrN3O2/c1-8(2)17-7-10(14)4-11(17)13(18)16-6-12-15-5-9(3)19-12/h4-5,7-8H,6H2,1-3H3,(H,16,18). The second-order valence-corrected chi connectivity index (χ2v) is 5.51. The summed E-state index contributed by atoms with van der Waals surface area (Å²) in [5, 5.41) is 2.80. The third kappa shape index (κ3) is 3.26. The molecule has 0 aromatic carbocycles. The fraction of sp³-hybridized carbons (Fsp3) is 0.385. The second-order valence-electron chi connectivity index (χ2n) is 4.59. The molecule has 0 spiro atoms. The molecule has 2 aromatic rings. The Hall–Kier alpha value is -1.56. The van der Waals surface area contributed by atoms with Crippen molar-refractivity contribution in [2.24, 2.45) is 0 Å². The van der Waals surface area contributed by atoms with Crippen LogP contribution in [0.2, 0.25) is 0 Å². The number of nitrogens with zero attached hydrogens (tertiary/aromatic N) is 2. The third-order valence-corrected chi connectivity index (χ3v) is 3.11. The summed E-state index contributed by atoms with van der Waals surface area (Å²) in [6, 6.07) is 2.02. The first-order valence-corrected chi connectivity index (χ1v) is 6.83. The lowest BCUT2D eigenvalue weighted by atomic mass is 10.3. The summed E-state index contributed by atoms with van der Waals surface area (Å²) in [5.74, 6) is 1.10. The number of aromatic nitrogens is 2. The SMILES string of the molecule is Cc1cnc(CNC(=O)c2cc(Br)cn2C(C)C)o1. The van der Waals surface area contributed by atoms with Crippen molar-refractivity contribution in [3.8, 4) is 0 Å². The highest BCUT2D eigenvalue weighted by Crippen LogP contribution is 2.19. The van der Waals surface area contributed by atoms with Crippen LogP contribution in [0.5, 0.6) is 0 Å². The van der Waals surface area contributed by atoms with Gasteiger partial charge in [-0.25, -0.2) is 4.98 Å². The fourth-order valence-electron chi connectivity index (χ4n) is 1.78. The number of hydrogen-bond donors (Lipinski definition) is 1. The second kappa shape index (κ2) is 5.61. The van der Waals surface area contributed by atoms with Gasteiger partial charge in [0.25, 0.3) is 5.91 Å². The summed E-state index contributed by atoms with van der Waals surface area (Å²) in [5.41, 5.74) is 0.616. The van der Waals surface area contributed by atoms with Gasteiger partial charge in [-0.1, -0.05) is 0 Å². The lowest BCUT2D eigenvalue weighted by Gasteiger charge is -2.12. The van der Waals surface area contributed by atoms with Gasteiger partial charge in [0.15, 0.2) is 0 Å². The number of carbonyl (C=O) groups excluding carboxylic acids is 1. The van der Waals surface area contributed by atoms with Crippen LogP contribution < -0.4 is 5.32 Å². The molecule has 2 heterocycles. The third-order valence-electron chi connectivity index (χ3n) is 2.67. The number of aryl methyl sites for hydroxylation is 1. The van der Waals surface area contributed by atoms with Crippen molar-refractivity contribution in [3.63, 3.8) is 0 Å². The van der Waals surface area contributed by atoms with Crippen LogP contribution in [0.1, 0.15) is 42.0 Å². The van der Waals surface area contributed by atoms with E-state index in [2.05, 4.69) is 26.2 Å². The number of oxazole rings is 1. The van der Waals surface area contributed by atoms with E-state index in [-0.39, 0.29) is 18.5 Å². The zero-order chi connectivity index (χ0) is 14.0. The van der Waals surface area contributed by atoms with Crippen molar-refractivity contribution in [2.45, 2.75) is 33.4 Å². The predicted octanol–water partition coefficient (Wildman–Crippen LogP) is 3.06. The molecule has 0 fully saturated rings. The van der Waals surface area contributed by atoms with Gasteiger partial charge in [-0.05, 0) is 42.8 Å². The number of nitrogens with one attached hydrogen (secondary N) is 1. The zero-order valence-corrected chi connectivity index (χ0v) is 12.7. The van der Waals surface area contributed by atoms with Crippen molar-refractivity contribution >= 4 is 21.8 Å². The van der Waals surface area contributed by atoms with Gasteiger partial charge >= 0.3 is 0 Å². The predicted molar refractivity (Wildman–Crippen MR) is 74.9 cm³/mol. The van der Waals surface area contributed by atoms with E-state index in [1.165, 1.54) is 0 Å². The van der Waals surface area contributed by atoms with E-state index >= 15 is 0 Å². The van der Waals surface area contributed by atoms with Gasteiger partial charge < -0.3 is 14.3 Å². The number of hydrogen-bond acceptors (Lipinski definition) is 3. The lowest BCUT2D eigenvalue weighted by Crippen LogP contribution is -2.25. The molecule has 0 atom stereocenters. The van der Waals surface area contributed by atoms with Gasteiger partial charge in [-0.2, -0.15) is 0 Å². The number of carbonyl (C=O) groups is 1. The van der Waals surface area contributed by atoms with Crippen LogP contribution in [-0.4, -0.2) is 15.5 Å². The molecule has 1 N–H and O–H groups in total. The minimum atomic E-state index is -0.143. The molecular weight excluding hydrogens is 310 g/mol. The monoisotopic (exact) mass is 325 g/mol.